The lowest BCUT2D eigenvalue weighted by molar-refractivity contribution is 0.255. The molecule has 0 N–H and O–H groups in total. The van der Waals surface area contributed by atoms with Gasteiger partial charge in [0.25, 0.3) is 0 Å². The second-order valence-electron chi connectivity index (χ2n) is 3.97. The molecule has 2 heteroatoms. The zero-order valence-electron chi connectivity index (χ0n) is 8.06. The molecule has 1 unspecified atom stereocenters. The standard InChI is InChI=1S/C10H20ClN/c1-10(8-11)9-12-6-4-2-3-5-7-12/h10H,2-9H2,1H3. The van der Waals surface area contributed by atoms with E-state index in [2.05, 4.69) is 11.8 Å². The van der Waals surface area contributed by atoms with Crippen molar-refractivity contribution in [3.05, 3.63) is 0 Å². The van der Waals surface area contributed by atoms with E-state index in [9.17, 15) is 0 Å². The number of halogens is 1. The van der Waals surface area contributed by atoms with Crippen LogP contribution in [0, 0.1) is 5.92 Å². The van der Waals surface area contributed by atoms with Crippen LogP contribution in [0.2, 0.25) is 0 Å². The highest BCUT2D eigenvalue weighted by Crippen LogP contribution is 2.11. The molecule has 12 heavy (non-hydrogen) atoms. The molecule has 0 bridgehead atoms. The zero-order chi connectivity index (χ0) is 8.81. The topological polar surface area (TPSA) is 3.24 Å². The van der Waals surface area contributed by atoms with E-state index >= 15 is 0 Å². The summed E-state index contributed by atoms with van der Waals surface area (Å²) in [5, 5.41) is 0. The fourth-order valence-electron chi connectivity index (χ4n) is 1.81. The molecule has 1 nitrogen and oxygen atoms in total. The summed E-state index contributed by atoms with van der Waals surface area (Å²) >= 11 is 5.79. The predicted octanol–water partition coefficient (Wildman–Crippen LogP) is 2.74. The van der Waals surface area contributed by atoms with Gasteiger partial charge in [-0.3, -0.25) is 0 Å². The van der Waals surface area contributed by atoms with Crippen LogP contribution in [0.3, 0.4) is 0 Å². The van der Waals surface area contributed by atoms with Crippen molar-refractivity contribution < 1.29 is 0 Å². The van der Waals surface area contributed by atoms with Crippen LogP contribution < -0.4 is 0 Å². The van der Waals surface area contributed by atoms with E-state index in [-0.39, 0.29) is 0 Å². The summed E-state index contributed by atoms with van der Waals surface area (Å²) < 4.78 is 0. The molecule has 0 aliphatic carbocycles. The minimum absolute atomic E-state index is 0.657. The third kappa shape index (κ3) is 3.77. The second kappa shape index (κ2) is 5.82. The maximum Gasteiger partial charge on any atom is 0.0261 e. The van der Waals surface area contributed by atoms with E-state index in [4.69, 9.17) is 11.6 Å². The van der Waals surface area contributed by atoms with Crippen molar-refractivity contribution in [2.24, 2.45) is 5.92 Å². The van der Waals surface area contributed by atoms with Crippen LogP contribution in [0.15, 0.2) is 0 Å². The highest BCUT2D eigenvalue weighted by atomic mass is 35.5. The molecule has 0 aromatic carbocycles. The summed E-state index contributed by atoms with van der Waals surface area (Å²) in [6, 6.07) is 0. The lowest BCUT2D eigenvalue weighted by atomic mass is 10.2. The summed E-state index contributed by atoms with van der Waals surface area (Å²) in [7, 11) is 0. The molecule has 1 fully saturated rings. The molecule has 1 heterocycles. The molecule has 72 valence electrons. The van der Waals surface area contributed by atoms with Crippen molar-refractivity contribution >= 4 is 11.6 Å². The minimum atomic E-state index is 0.657. The van der Waals surface area contributed by atoms with Gasteiger partial charge in [0, 0.05) is 12.4 Å². The van der Waals surface area contributed by atoms with Gasteiger partial charge in [-0.15, -0.1) is 11.6 Å². The Bertz CT molecular complexity index is 108. The van der Waals surface area contributed by atoms with Gasteiger partial charge in [-0.2, -0.15) is 0 Å². The molecular weight excluding hydrogens is 170 g/mol. The maximum atomic E-state index is 5.79. The average Bonchev–Trinajstić information content (AvgIpc) is 2.33. The van der Waals surface area contributed by atoms with Gasteiger partial charge in [0.05, 0.1) is 0 Å². The van der Waals surface area contributed by atoms with Crippen LogP contribution in [0.4, 0.5) is 0 Å². The Morgan fingerprint density at radius 1 is 1.17 bits per heavy atom. The first kappa shape index (κ1) is 10.3. The zero-order valence-corrected chi connectivity index (χ0v) is 8.82. The molecule has 0 aromatic heterocycles. The van der Waals surface area contributed by atoms with Gasteiger partial charge in [0.15, 0.2) is 0 Å². The summed E-state index contributed by atoms with van der Waals surface area (Å²) in [5.41, 5.74) is 0. The summed E-state index contributed by atoms with van der Waals surface area (Å²) in [6.45, 7) is 6.02. The third-order valence-electron chi connectivity index (χ3n) is 2.53. The quantitative estimate of drug-likeness (QED) is 0.618. The van der Waals surface area contributed by atoms with E-state index in [1.807, 2.05) is 0 Å². The molecule has 1 rings (SSSR count). The highest BCUT2D eigenvalue weighted by molar-refractivity contribution is 6.18. The lowest BCUT2D eigenvalue weighted by Gasteiger charge is -2.22. The number of alkyl halides is 1. The van der Waals surface area contributed by atoms with Crippen LogP contribution in [0.1, 0.15) is 32.6 Å². The minimum Gasteiger partial charge on any atom is -0.303 e. The first-order valence-electron chi connectivity index (χ1n) is 5.11. The normalized spacial score (nSPS) is 23.5. The van der Waals surface area contributed by atoms with Crippen LogP contribution in [0.25, 0.3) is 0 Å². The lowest BCUT2D eigenvalue weighted by Crippen LogP contribution is -2.30. The molecule has 0 radical (unpaired) electrons. The Hall–Kier alpha value is 0.250. The fraction of sp³-hybridized carbons (Fsp3) is 1.00. The smallest absolute Gasteiger partial charge is 0.0261 e. The second-order valence-corrected chi connectivity index (χ2v) is 4.28. The molecule has 0 amide bonds. The van der Waals surface area contributed by atoms with Crippen molar-refractivity contribution in [1.29, 1.82) is 0 Å². The van der Waals surface area contributed by atoms with E-state index in [1.165, 1.54) is 45.3 Å². The average molecular weight is 190 g/mol. The van der Waals surface area contributed by atoms with Crippen molar-refractivity contribution in [3.63, 3.8) is 0 Å². The van der Waals surface area contributed by atoms with Crippen molar-refractivity contribution in [2.45, 2.75) is 32.6 Å². The number of hydrogen-bond donors (Lipinski definition) is 0. The van der Waals surface area contributed by atoms with E-state index in [1.54, 1.807) is 0 Å². The number of nitrogens with zero attached hydrogens (tertiary/aromatic N) is 1. The first-order valence-corrected chi connectivity index (χ1v) is 5.64. The molecule has 0 aromatic rings. The van der Waals surface area contributed by atoms with Crippen molar-refractivity contribution in [3.8, 4) is 0 Å². The molecule has 1 atom stereocenters. The van der Waals surface area contributed by atoms with Gasteiger partial charge < -0.3 is 4.90 Å². The van der Waals surface area contributed by atoms with Gasteiger partial charge >= 0.3 is 0 Å². The van der Waals surface area contributed by atoms with E-state index in [0.29, 0.717) is 5.92 Å². The Morgan fingerprint density at radius 3 is 2.25 bits per heavy atom. The maximum absolute atomic E-state index is 5.79. The van der Waals surface area contributed by atoms with Gasteiger partial charge in [0.2, 0.25) is 0 Å². The first-order chi connectivity index (χ1) is 5.83. The Labute approximate surface area is 81.1 Å². The molecule has 1 aliphatic rings. The molecule has 1 saturated heterocycles. The fourth-order valence-corrected chi connectivity index (χ4v) is 1.91. The molecule has 0 saturated carbocycles. The van der Waals surface area contributed by atoms with Gasteiger partial charge in [0.1, 0.15) is 0 Å². The van der Waals surface area contributed by atoms with Gasteiger partial charge in [-0.1, -0.05) is 19.8 Å². The Balaban J connectivity index is 2.20. The summed E-state index contributed by atoms with van der Waals surface area (Å²) in [5.74, 6) is 1.46. The molecule has 0 spiro atoms. The summed E-state index contributed by atoms with van der Waals surface area (Å²) in [4.78, 5) is 2.57. The van der Waals surface area contributed by atoms with Crippen LogP contribution in [-0.2, 0) is 0 Å². The molecule has 1 aliphatic heterocycles. The number of likely N-dealkylation sites (tertiary alicyclic amines) is 1. The predicted molar refractivity (Wildman–Crippen MR) is 54.8 cm³/mol. The number of rotatable bonds is 3. The van der Waals surface area contributed by atoms with Crippen LogP contribution >= 0.6 is 11.6 Å². The van der Waals surface area contributed by atoms with Gasteiger partial charge in [-0.05, 0) is 31.8 Å². The summed E-state index contributed by atoms with van der Waals surface area (Å²) in [6.07, 6.45) is 5.61. The third-order valence-corrected chi connectivity index (χ3v) is 3.06. The Kier molecular flexibility index (Phi) is 5.01. The highest BCUT2D eigenvalue weighted by Gasteiger charge is 2.11. The number of hydrogen-bond acceptors (Lipinski definition) is 1. The van der Waals surface area contributed by atoms with Crippen LogP contribution in [-0.4, -0.2) is 30.4 Å². The SMILES string of the molecule is CC(CCl)CN1CCCCCC1. The van der Waals surface area contributed by atoms with Crippen LogP contribution in [0.5, 0.6) is 0 Å². The monoisotopic (exact) mass is 189 g/mol. The Morgan fingerprint density at radius 2 is 1.75 bits per heavy atom. The molecular formula is C10H20ClN. The van der Waals surface area contributed by atoms with E-state index < -0.39 is 0 Å². The largest absolute Gasteiger partial charge is 0.303 e. The van der Waals surface area contributed by atoms with E-state index in [0.717, 1.165) is 5.88 Å². The van der Waals surface area contributed by atoms with Crippen molar-refractivity contribution in [1.82, 2.24) is 4.90 Å². The van der Waals surface area contributed by atoms with Gasteiger partial charge in [-0.25, -0.2) is 0 Å². The van der Waals surface area contributed by atoms with Crippen molar-refractivity contribution in [2.75, 3.05) is 25.5 Å².